The third-order valence-corrected chi connectivity index (χ3v) is 2.36. The van der Waals surface area contributed by atoms with Gasteiger partial charge in [-0.1, -0.05) is 6.58 Å². The van der Waals surface area contributed by atoms with Crippen LogP contribution in [-0.4, -0.2) is 37.5 Å². The normalized spacial score (nSPS) is 14.0. The Morgan fingerprint density at radius 1 is 1.50 bits per heavy atom. The molecular formula is C10H20NO+. The molecule has 2 heteroatoms. The summed E-state index contributed by atoms with van der Waals surface area (Å²) in [5, 5.41) is 0. The topological polar surface area (TPSA) is 17.1 Å². The molecule has 0 aromatic carbocycles. The Morgan fingerprint density at radius 2 is 2.00 bits per heavy atom. The summed E-state index contributed by atoms with van der Waals surface area (Å²) in [4.78, 5) is 10.9. The number of nitrogens with zero attached hydrogens (tertiary/aromatic N) is 1. The lowest BCUT2D eigenvalue weighted by atomic mass is 10.1. The predicted molar refractivity (Wildman–Crippen MR) is 51.9 cm³/mol. The molecule has 0 N–H and O–H groups in total. The third-order valence-electron chi connectivity index (χ3n) is 2.36. The maximum Gasteiger partial charge on any atom is 0.155 e. The van der Waals surface area contributed by atoms with Crippen molar-refractivity contribution in [2.45, 2.75) is 25.8 Å². The molecule has 12 heavy (non-hydrogen) atoms. The van der Waals surface area contributed by atoms with Gasteiger partial charge in [-0.3, -0.25) is 4.79 Å². The van der Waals surface area contributed by atoms with E-state index in [1.807, 2.05) is 0 Å². The van der Waals surface area contributed by atoms with E-state index in [0.29, 0.717) is 12.5 Å². The van der Waals surface area contributed by atoms with Crippen LogP contribution in [0.3, 0.4) is 0 Å². The molecule has 0 aromatic heterocycles. The lowest BCUT2D eigenvalue weighted by molar-refractivity contribution is -0.894. The Kier molecular flexibility index (Phi) is 4.18. The highest BCUT2D eigenvalue weighted by Crippen LogP contribution is 2.09. The summed E-state index contributed by atoms with van der Waals surface area (Å²) >= 11 is 0. The lowest BCUT2D eigenvalue weighted by Gasteiger charge is -2.31. The standard InChI is InChI=1S/C10H20NO/c1-6-10(12)8-7-9(2)11(3,4)5/h6,9H,1,7-8H2,2-5H3/q+1. The maximum absolute atomic E-state index is 10.9. The molecule has 1 unspecified atom stereocenters. The summed E-state index contributed by atoms with van der Waals surface area (Å²) in [7, 11) is 6.43. The second kappa shape index (κ2) is 4.41. The van der Waals surface area contributed by atoms with Crippen LogP contribution in [0.25, 0.3) is 0 Å². The first kappa shape index (κ1) is 11.4. The third kappa shape index (κ3) is 4.29. The average molecular weight is 170 g/mol. The van der Waals surface area contributed by atoms with Crippen molar-refractivity contribution in [1.29, 1.82) is 0 Å². The number of quaternary nitrogens is 1. The molecule has 0 aromatic rings. The number of hydrogen-bond donors (Lipinski definition) is 0. The van der Waals surface area contributed by atoms with E-state index in [4.69, 9.17) is 0 Å². The zero-order valence-corrected chi connectivity index (χ0v) is 8.63. The molecule has 0 saturated carbocycles. The molecule has 0 aliphatic carbocycles. The number of allylic oxidation sites excluding steroid dienone is 1. The highest BCUT2D eigenvalue weighted by molar-refractivity contribution is 5.88. The molecular weight excluding hydrogens is 150 g/mol. The van der Waals surface area contributed by atoms with Crippen LogP contribution in [-0.2, 0) is 4.79 Å². The van der Waals surface area contributed by atoms with E-state index >= 15 is 0 Å². The first-order chi connectivity index (χ1) is 5.38. The van der Waals surface area contributed by atoms with Crippen molar-refractivity contribution in [2.75, 3.05) is 21.1 Å². The van der Waals surface area contributed by atoms with Gasteiger partial charge in [-0.05, 0) is 13.0 Å². The lowest BCUT2D eigenvalue weighted by Crippen LogP contribution is -2.43. The molecule has 0 fully saturated rings. The average Bonchev–Trinajstić information content (AvgIpc) is 1.97. The van der Waals surface area contributed by atoms with Crippen molar-refractivity contribution in [3.05, 3.63) is 12.7 Å². The first-order valence-corrected chi connectivity index (χ1v) is 4.34. The van der Waals surface area contributed by atoms with E-state index < -0.39 is 0 Å². The zero-order valence-electron chi connectivity index (χ0n) is 8.63. The van der Waals surface area contributed by atoms with Gasteiger partial charge >= 0.3 is 0 Å². The minimum Gasteiger partial charge on any atom is -0.329 e. The van der Waals surface area contributed by atoms with E-state index in [-0.39, 0.29) is 5.78 Å². The fourth-order valence-corrected chi connectivity index (χ4v) is 0.841. The van der Waals surface area contributed by atoms with Gasteiger partial charge in [-0.2, -0.15) is 0 Å². The van der Waals surface area contributed by atoms with Gasteiger partial charge in [0.2, 0.25) is 0 Å². The van der Waals surface area contributed by atoms with Crippen LogP contribution >= 0.6 is 0 Å². The van der Waals surface area contributed by atoms with Crippen molar-refractivity contribution in [1.82, 2.24) is 0 Å². The van der Waals surface area contributed by atoms with Gasteiger partial charge in [-0.25, -0.2) is 0 Å². The number of carbonyl (C=O) groups is 1. The van der Waals surface area contributed by atoms with Crippen LogP contribution in [0.2, 0.25) is 0 Å². The number of hydrogen-bond acceptors (Lipinski definition) is 1. The molecule has 2 nitrogen and oxygen atoms in total. The van der Waals surface area contributed by atoms with Crippen molar-refractivity contribution in [3.8, 4) is 0 Å². The summed E-state index contributed by atoms with van der Waals surface area (Å²) in [6.45, 7) is 5.61. The molecule has 0 rings (SSSR count). The van der Waals surface area contributed by atoms with Crippen LogP contribution in [0.5, 0.6) is 0 Å². The molecule has 0 radical (unpaired) electrons. The molecule has 0 heterocycles. The monoisotopic (exact) mass is 170 g/mol. The molecule has 1 atom stereocenters. The molecule has 70 valence electrons. The van der Waals surface area contributed by atoms with Gasteiger partial charge in [-0.15, -0.1) is 0 Å². The highest BCUT2D eigenvalue weighted by Gasteiger charge is 2.18. The fourth-order valence-electron chi connectivity index (χ4n) is 0.841. The van der Waals surface area contributed by atoms with Gasteiger partial charge in [0.05, 0.1) is 27.2 Å². The van der Waals surface area contributed by atoms with E-state index in [9.17, 15) is 4.79 Å². The van der Waals surface area contributed by atoms with Crippen molar-refractivity contribution in [2.24, 2.45) is 0 Å². The number of carbonyl (C=O) groups excluding carboxylic acids is 1. The quantitative estimate of drug-likeness (QED) is 0.452. The summed E-state index contributed by atoms with van der Waals surface area (Å²) in [6.07, 6.45) is 2.97. The van der Waals surface area contributed by atoms with Crippen LogP contribution in [0, 0.1) is 0 Å². The summed E-state index contributed by atoms with van der Waals surface area (Å²) < 4.78 is 0.907. The Hall–Kier alpha value is -0.630. The van der Waals surface area contributed by atoms with Crippen molar-refractivity contribution in [3.63, 3.8) is 0 Å². The Bertz CT molecular complexity index is 167. The highest BCUT2D eigenvalue weighted by atomic mass is 16.1. The molecule has 0 aliphatic heterocycles. The predicted octanol–water partition coefficient (Wildman–Crippen LogP) is 1.62. The Morgan fingerprint density at radius 3 is 2.33 bits per heavy atom. The second-order valence-corrected chi connectivity index (χ2v) is 4.17. The summed E-state index contributed by atoms with van der Waals surface area (Å²) in [6, 6.07) is 0.522. The first-order valence-electron chi connectivity index (χ1n) is 4.34. The van der Waals surface area contributed by atoms with E-state index in [2.05, 4.69) is 34.6 Å². The van der Waals surface area contributed by atoms with E-state index in [1.54, 1.807) is 0 Å². The van der Waals surface area contributed by atoms with Crippen molar-refractivity contribution >= 4 is 5.78 Å². The largest absolute Gasteiger partial charge is 0.329 e. The van der Waals surface area contributed by atoms with E-state index in [0.717, 1.165) is 10.9 Å². The summed E-state index contributed by atoms with van der Waals surface area (Å²) in [5.41, 5.74) is 0. The zero-order chi connectivity index (χ0) is 9.78. The van der Waals surface area contributed by atoms with Gasteiger partial charge in [0.25, 0.3) is 0 Å². The molecule has 0 aliphatic rings. The SMILES string of the molecule is C=CC(=O)CCC(C)[N+](C)(C)C. The molecule has 0 bridgehead atoms. The Balaban J connectivity index is 3.79. The van der Waals surface area contributed by atoms with Gasteiger partial charge in [0.1, 0.15) is 0 Å². The van der Waals surface area contributed by atoms with Crippen LogP contribution < -0.4 is 0 Å². The van der Waals surface area contributed by atoms with Gasteiger partial charge < -0.3 is 4.48 Å². The Labute approximate surface area is 75.5 Å². The van der Waals surface area contributed by atoms with Crippen LogP contribution in [0.15, 0.2) is 12.7 Å². The minimum absolute atomic E-state index is 0.148. The van der Waals surface area contributed by atoms with Crippen LogP contribution in [0.4, 0.5) is 0 Å². The maximum atomic E-state index is 10.9. The smallest absolute Gasteiger partial charge is 0.155 e. The fraction of sp³-hybridized carbons (Fsp3) is 0.700. The molecule has 0 spiro atoms. The minimum atomic E-state index is 0.148. The van der Waals surface area contributed by atoms with Gasteiger partial charge in [0, 0.05) is 12.8 Å². The number of rotatable bonds is 5. The molecule has 0 saturated heterocycles. The van der Waals surface area contributed by atoms with E-state index in [1.165, 1.54) is 6.08 Å². The summed E-state index contributed by atoms with van der Waals surface area (Å²) in [5.74, 6) is 0.148. The van der Waals surface area contributed by atoms with Crippen LogP contribution in [0.1, 0.15) is 19.8 Å². The molecule has 0 amide bonds. The second-order valence-electron chi connectivity index (χ2n) is 4.17. The van der Waals surface area contributed by atoms with Gasteiger partial charge in [0.15, 0.2) is 5.78 Å². The van der Waals surface area contributed by atoms with Crippen molar-refractivity contribution < 1.29 is 9.28 Å². The number of ketones is 1.